The van der Waals surface area contributed by atoms with E-state index in [0.717, 1.165) is 48.5 Å². The third-order valence-corrected chi connectivity index (χ3v) is 6.11. The van der Waals surface area contributed by atoms with E-state index in [1.54, 1.807) is 4.68 Å². The maximum Gasteiger partial charge on any atom is 0.272 e. The minimum atomic E-state index is 0.0349. The van der Waals surface area contributed by atoms with E-state index >= 15 is 0 Å². The molecule has 1 atom stereocenters. The molecule has 4 heterocycles. The van der Waals surface area contributed by atoms with Gasteiger partial charge in [-0.2, -0.15) is 15.3 Å². The lowest BCUT2D eigenvalue weighted by Gasteiger charge is -2.32. The third kappa shape index (κ3) is 3.36. The van der Waals surface area contributed by atoms with Gasteiger partial charge in [0, 0.05) is 50.1 Å². The van der Waals surface area contributed by atoms with Gasteiger partial charge in [0.1, 0.15) is 5.69 Å². The zero-order valence-corrected chi connectivity index (χ0v) is 17.9. The summed E-state index contributed by atoms with van der Waals surface area (Å²) in [5.41, 5.74) is 6.81. The van der Waals surface area contributed by atoms with E-state index in [4.69, 9.17) is 0 Å². The molecule has 0 spiro atoms. The summed E-state index contributed by atoms with van der Waals surface area (Å²) in [6.45, 7) is 7.62. The van der Waals surface area contributed by atoms with Crippen LogP contribution in [0.3, 0.4) is 0 Å². The molecular formula is C21H29N7O. The largest absolute Gasteiger partial charge is 0.337 e. The van der Waals surface area contributed by atoms with Crippen LogP contribution in [0.1, 0.15) is 58.8 Å². The van der Waals surface area contributed by atoms with E-state index in [1.165, 1.54) is 11.3 Å². The van der Waals surface area contributed by atoms with Crippen molar-refractivity contribution in [1.29, 1.82) is 0 Å². The maximum absolute atomic E-state index is 13.3. The highest BCUT2D eigenvalue weighted by Gasteiger charge is 2.29. The van der Waals surface area contributed by atoms with E-state index < -0.39 is 0 Å². The van der Waals surface area contributed by atoms with Gasteiger partial charge in [-0.1, -0.05) is 6.92 Å². The Balaban J connectivity index is 1.59. The smallest absolute Gasteiger partial charge is 0.272 e. The number of aryl methyl sites for hydroxylation is 4. The second kappa shape index (κ2) is 7.50. The van der Waals surface area contributed by atoms with Gasteiger partial charge in [-0.25, -0.2) is 0 Å². The van der Waals surface area contributed by atoms with E-state index in [1.807, 2.05) is 49.8 Å². The molecule has 1 N–H and O–H groups in total. The Kier molecular flexibility index (Phi) is 5.02. The first kappa shape index (κ1) is 19.4. The van der Waals surface area contributed by atoms with Crippen molar-refractivity contribution < 1.29 is 4.79 Å². The lowest BCUT2D eigenvalue weighted by molar-refractivity contribution is 0.0694. The lowest BCUT2D eigenvalue weighted by atomic mass is 9.92. The zero-order valence-electron chi connectivity index (χ0n) is 17.9. The van der Waals surface area contributed by atoms with Crippen LogP contribution in [0.25, 0.3) is 11.3 Å². The van der Waals surface area contributed by atoms with Crippen LogP contribution in [-0.4, -0.2) is 53.7 Å². The average molecular weight is 396 g/mol. The highest BCUT2D eigenvalue weighted by molar-refractivity contribution is 5.94. The van der Waals surface area contributed by atoms with Crippen LogP contribution in [0.15, 0.2) is 12.3 Å². The van der Waals surface area contributed by atoms with Gasteiger partial charge < -0.3 is 4.90 Å². The first-order valence-electron chi connectivity index (χ1n) is 10.3. The molecule has 0 aromatic carbocycles. The summed E-state index contributed by atoms with van der Waals surface area (Å²) < 4.78 is 3.55. The van der Waals surface area contributed by atoms with Crippen molar-refractivity contribution in [2.24, 2.45) is 14.1 Å². The van der Waals surface area contributed by atoms with Crippen LogP contribution in [0.2, 0.25) is 0 Å². The number of H-pyrrole nitrogens is 1. The van der Waals surface area contributed by atoms with Gasteiger partial charge in [-0.15, -0.1) is 0 Å². The number of aromatic nitrogens is 6. The fraction of sp³-hybridized carbons (Fsp3) is 0.524. The number of carbonyl (C=O) groups is 1. The SMILES string of the molecule is CCc1cn[nH]c1C1CCCN(C(=O)c2cc(-c3c(C)nn(C)c3C)nn2C)C1. The molecule has 0 saturated carbocycles. The number of aromatic amines is 1. The van der Waals surface area contributed by atoms with Crippen LogP contribution in [0, 0.1) is 13.8 Å². The first-order valence-corrected chi connectivity index (χ1v) is 10.3. The quantitative estimate of drug-likeness (QED) is 0.736. The van der Waals surface area contributed by atoms with Crippen molar-refractivity contribution in [3.8, 4) is 11.3 Å². The molecule has 1 fully saturated rings. The molecular weight excluding hydrogens is 366 g/mol. The predicted octanol–water partition coefficient (Wildman–Crippen LogP) is 2.74. The summed E-state index contributed by atoms with van der Waals surface area (Å²) in [7, 11) is 3.76. The molecule has 0 aliphatic carbocycles. The molecule has 8 heteroatoms. The van der Waals surface area contributed by atoms with Gasteiger partial charge in [0.25, 0.3) is 5.91 Å². The van der Waals surface area contributed by atoms with E-state index in [9.17, 15) is 4.79 Å². The molecule has 1 aliphatic rings. The Morgan fingerprint density at radius 2 is 2.03 bits per heavy atom. The van der Waals surface area contributed by atoms with Gasteiger partial charge in [-0.3, -0.25) is 19.3 Å². The van der Waals surface area contributed by atoms with Crippen molar-refractivity contribution >= 4 is 5.91 Å². The standard InChI is InChI=1S/C21H29N7O/c1-6-15-11-22-23-20(15)16-8-7-9-28(12-16)21(29)18-10-17(25-27(18)5)19-13(2)24-26(4)14(19)3/h10-11,16H,6-9,12H2,1-5H3,(H,22,23). The fourth-order valence-electron chi connectivity index (χ4n) is 4.45. The van der Waals surface area contributed by atoms with Gasteiger partial charge in [0.2, 0.25) is 0 Å². The minimum Gasteiger partial charge on any atom is -0.337 e. The molecule has 29 heavy (non-hydrogen) atoms. The van der Waals surface area contributed by atoms with Gasteiger partial charge in [0.05, 0.1) is 17.6 Å². The van der Waals surface area contributed by atoms with Crippen molar-refractivity contribution in [1.82, 2.24) is 34.7 Å². The summed E-state index contributed by atoms with van der Waals surface area (Å²) in [5, 5.41) is 16.5. The second-order valence-corrected chi connectivity index (χ2v) is 7.96. The minimum absolute atomic E-state index is 0.0349. The Morgan fingerprint density at radius 3 is 2.72 bits per heavy atom. The number of nitrogens with one attached hydrogen (secondary N) is 1. The zero-order chi connectivity index (χ0) is 20.7. The monoisotopic (exact) mass is 395 g/mol. The summed E-state index contributed by atoms with van der Waals surface area (Å²) >= 11 is 0. The number of likely N-dealkylation sites (tertiary alicyclic amines) is 1. The summed E-state index contributed by atoms with van der Waals surface area (Å²) in [6.07, 6.45) is 4.92. The number of nitrogens with zero attached hydrogens (tertiary/aromatic N) is 6. The van der Waals surface area contributed by atoms with E-state index in [-0.39, 0.29) is 5.91 Å². The Bertz CT molecular complexity index is 1040. The average Bonchev–Trinajstić information content (AvgIpc) is 3.39. The molecule has 8 nitrogen and oxygen atoms in total. The van der Waals surface area contributed by atoms with Crippen LogP contribution in [-0.2, 0) is 20.5 Å². The van der Waals surface area contributed by atoms with Crippen molar-refractivity contribution in [2.75, 3.05) is 13.1 Å². The normalized spacial score (nSPS) is 17.1. The van der Waals surface area contributed by atoms with E-state index in [2.05, 4.69) is 27.3 Å². The molecule has 1 aliphatic heterocycles. The molecule has 1 unspecified atom stereocenters. The fourth-order valence-corrected chi connectivity index (χ4v) is 4.45. The van der Waals surface area contributed by atoms with E-state index in [0.29, 0.717) is 18.2 Å². The van der Waals surface area contributed by atoms with Crippen molar-refractivity contribution in [3.05, 3.63) is 40.6 Å². The highest BCUT2D eigenvalue weighted by atomic mass is 16.2. The topological polar surface area (TPSA) is 84.6 Å². The number of piperidine rings is 1. The maximum atomic E-state index is 13.3. The molecule has 154 valence electrons. The molecule has 0 bridgehead atoms. The van der Waals surface area contributed by atoms with Crippen LogP contribution in [0.5, 0.6) is 0 Å². The van der Waals surface area contributed by atoms with Crippen molar-refractivity contribution in [2.45, 2.75) is 46.0 Å². The number of rotatable bonds is 4. The summed E-state index contributed by atoms with van der Waals surface area (Å²) in [4.78, 5) is 15.3. The summed E-state index contributed by atoms with van der Waals surface area (Å²) in [6, 6.07) is 1.90. The Morgan fingerprint density at radius 1 is 1.24 bits per heavy atom. The highest BCUT2D eigenvalue weighted by Crippen LogP contribution is 2.30. The Labute approximate surface area is 170 Å². The molecule has 3 aromatic rings. The summed E-state index contributed by atoms with van der Waals surface area (Å²) in [5.74, 6) is 0.341. The number of hydrogen-bond acceptors (Lipinski definition) is 4. The molecule has 1 amide bonds. The van der Waals surface area contributed by atoms with Crippen LogP contribution < -0.4 is 0 Å². The van der Waals surface area contributed by atoms with Gasteiger partial charge in [0.15, 0.2) is 0 Å². The Hall–Kier alpha value is -2.90. The number of amides is 1. The second-order valence-electron chi connectivity index (χ2n) is 7.96. The van der Waals surface area contributed by atoms with Crippen molar-refractivity contribution in [3.63, 3.8) is 0 Å². The first-order chi connectivity index (χ1) is 13.9. The van der Waals surface area contributed by atoms with Crippen LogP contribution >= 0.6 is 0 Å². The predicted molar refractivity (Wildman–Crippen MR) is 111 cm³/mol. The molecule has 1 saturated heterocycles. The van der Waals surface area contributed by atoms with Crippen LogP contribution in [0.4, 0.5) is 0 Å². The third-order valence-electron chi connectivity index (χ3n) is 6.11. The lowest BCUT2D eigenvalue weighted by Crippen LogP contribution is -2.40. The molecule has 3 aromatic heterocycles. The van der Waals surface area contributed by atoms with Gasteiger partial charge >= 0.3 is 0 Å². The number of hydrogen-bond donors (Lipinski definition) is 1. The number of carbonyl (C=O) groups excluding carboxylic acids is 1. The molecule has 4 rings (SSSR count). The molecule has 0 radical (unpaired) electrons. The van der Waals surface area contributed by atoms with Gasteiger partial charge in [-0.05, 0) is 44.7 Å².